The lowest BCUT2D eigenvalue weighted by atomic mass is 9.78. The topological polar surface area (TPSA) is 49.4 Å². The van der Waals surface area contributed by atoms with Gasteiger partial charge in [-0.1, -0.05) is 12.8 Å². The van der Waals surface area contributed by atoms with E-state index in [1.54, 1.807) is 4.31 Å². The first-order chi connectivity index (χ1) is 9.10. The predicted molar refractivity (Wildman–Crippen MR) is 76.5 cm³/mol. The molecule has 3 fully saturated rings. The number of piperidine rings is 1. The molecular weight excluding hydrogens is 260 g/mol. The van der Waals surface area contributed by atoms with Crippen molar-refractivity contribution in [3.05, 3.63) is 0 Å². The van der Waals surface area contributed by atoms with Gasteiger partial charge in [0, 0.05) is 25.7 Å². The number of sulfonamides is 1. The van der Waals surface area contributed by atoms with E-state index in [4.69, 9.17) is 0 Å². The predicted octanol–water partition coefficient (Wildman–Crippen LogP) is 1.72. The summed E-state index contributed by atoms with van der Waals surface area (Å²) >= 11 is 0. The summed E-state index contributed by atoms with van der Waals surface area (Å²) in [5, 5.41) is 3.29. The molecule has 0 atom stereocenters. The van der Waals surface area contributed by atoms with Gasteiger partial charge in [0.25, 0.3) is 0 Å². The van der Waals surface area contributed by atoms with Crippen molar-refractivity contribution in [3.8, 4) is 0 Å². The summed E-state index contributed by atoms with van der Waals surface area (Å²) < 4.78 is 26.3. The highest BCUT2D eigenvalue weighted by atomic mass is 32.2. The number of hydrogen-bond donors (Lipinski definition) is 1. The average molecular weight is 286 g/mol. The number of hydrogen-bond acceptors (Lipinski definition) is 3. The Kier molecular flexibility index (Phi) is 3.89. The van der Waals surface area contributed by atoms with Gasteiger partial charge in [0.05, 0.1) is 5.75 Å². The molecule has 2 saturated carbocycles. The molecule has 3 aliphatic rings. The van der Waals surface area contributed by atoms with Crippen LogP contribution in [0.4, 0.5) is 0 Å². The molecule has 1 saturated heterocycles. The Bertz CT molecular complexity index is 401. The molecule has 110 valence electrons. The molecule has 0 aromatic rings. The fourth-order valence-electron chi connectivity index (χ4n) is 3.67. The number of nitrogens with one attached hydrogen (secondary N) is 1. The third kappa shape index (κ3) is 3.31. The molecule has 1 spiro atoms. The number of rotatable bonds is 5. The highest BCUT2D eigenvalue weighted by Crippen LogP contribution is 2.46. The fourth-order valence-corrected chi connectivity index (χ4v) is 5.05. The van der Waals surface area contributed by atoms with Crippen LogP contribution >= 0.6 is 0 Å². The van der Waals surface area contributed by atoms with Crippen LogP contribution in [0.2, 0.25) is 0 Å². The average Bonchev–Trinajstić information content (AvgIpc) is 3.10. The summed E-state index contributed by atoms with van der Waals surface area (Å²) in [6.45, 7) is 2.13. The molecule has 2 aliphatic carbocycles. The van der Waals surface area contributed by atoms with Crippen molar-refractivity contribution >= 4 is 10.0 Å². The molecule has 19 heavy (non-hydrogen) atoms. The summed E-state index contributed by atoms with van der Waals surface area (Å²) in [6.07, 6.45) is 9.94. The van der Waals surface area contributed by atoms with Crippen molar-refractivity contribution in [1.82, 2.24) is 9.62 Å². The molecule has 1 N–H and O–H groups in total. The normalized spacial score (nSPS) is 28.0. The van der Waals surface area contributed by atoms with Crippen molar-refractivity contribution in [2.45, 2.75) is 57.4 Å². The second kappa shape index (κ2) is 5.34. The van der Waals surface area contributed by atoms with E-state index >= 15 is 0 Å². The fraction of sp³-hybridized carbons (Fsp3) is 1.00. The lowest BCUT2D eigenvalue weighted by Gasteiger charge is -2.38. The lowest BCUT2D eigenvalue weighted by Crippen LogP contribution is -2.44. The zero-order valence-corrected chi connectivity index (χ0v) is 12.6. The van der Waals surface area contributed by atoms with Crippen LogP contribution in [-0.2, 0) is 10.0 Å². The summed E-state index contributed by atoms with van der Waals surface area (Å²) in [5.41, 5.74) is 0.498. The van der Waals surface area contributed by atoms with Gasteiger partial charge >= 0.3 is 0 Å². The van der Waals surface area contributed by atoms with Crippen LogP contribution in [0.5, 0.6) is 0 Å². The van der Waals surface area contributed by atoms with E-state index in [2.05, 4.69) is 5.32 Å². The smallest absolute Gasteiger partial charge is 0.215 e. The molecule has 4 nitrogen and oxygen atoms in total. The lowest BCUT2D eigenvalue weighted by molar-refractivity contribution is 0.160. The Morgan fingerprint density at radius 2 is 1.68 bits per heavy atom. The van der Waals surface area contributed by atoms with E-state index < -0.39 is 10.0 Å². The highest BCUT2D eigenvalue weighted by molar-refractivity contribution is 7.89. The van der Waals surface area contributed by atoms with Gasteiger partial charge in [0.15, 0.2) is 0 Å². The van der Waals surface area contributed by atoms with E-state index in [1.807, 2.05) is 0 Å². The molecule has 0 radical (unpaired) electrons. The maximum atomic E-state index is 12.3. The summed E-state index contributed by atoms with van der Waals surface area (Å²) in [4.78, 5) is 0. The second-order valence-corrected chi connectivity index (χ2v) is 8.74. The molecule has 0 aromatic heterocycles. The summed E-state index contributed by atoms with van der Waals surface area (Å²) in [7, 11) is -3.03. The highest BCUT2D eigenvalue weighted by Gasteiger charge is 2.39. The zero-order chi connectivity index (χ0) is 13.3. The van der Waals surface area contributed by atoms with Crippen molar-refractivity contribution in [2.75, 3.05) is 25.4 Å². The molecule has 0 aromatic carbocycles. The van der Waals surface area contributed by atoms with E-state index in [9.17, 15) is 8.42 Å². The summed E-state index contributed by atoms with van der Waals surface area (Å²) in [5.74, 6) is 0.274. The first-order valence-electron chi connectivity index (χ1n) is 7.81. The quantitative estimate of drug-likeness (QED) is 0.837. The van der Waals surface area contributed by atoms with E-state index in [0.29, 0.717) is 18.0 Å². The van der Waals surface area contributed by atoms with Gasteiger partial charge in [-0.2, -0.15) is 0 Å². The number of nitrogens with zero attached hydrogens (tertiary/aromatic N) is 1. The minimum atomic E-state index is -3.03. The van der Waals surface area contributed by atoms with Crippen LogP contribution in [0.3, 0.4) is 0 Å². The van der Waals surface area contributed by atoms with Gasteiger partial charge < -0.3 is 5.32 Å². The van der Waals surface area contributed by atoms with Gasteiger partial charge in [0.2, 0.25) is 10.0 Å². The minimum absolute atomic E-state index is 0.274. The molecule has 0 amide bonds. The molecule has 1 heterocycles. The van der Waals surface area contributed by atoms with Gasteiger partial charge in [-0.05, 0) is 43.9 Å². The third-order valence-corrected chi connectivity index (χ3v) is 7.08. The van der Waals surface area contributed by atoms with Gasteiger partial charge in [-0.25, -0.2) is 12.7 Å². The second-order valence-electron chi connectivity index (χ2n) is 6.65. The molecule has 0 bridgehead atoms. The van der Waals surface area contributed by atoms with Gasteiger partial charge in [0.1, 0.15) is 0 Å². The SMILES string of the molecule is O=S(=O)(CCNC1CC1)N1CCC2(CCCC2)CC1. The third-order valence-electron chi connectivity index (χ3n) is 5.21. The van der Waals surface area contributed by atoms with Crippen LogP contribution in [0.15, 0.2) is 0 Å². The van der Waals surface area contributed by atoms with Crippen molar-refractivity contribution < 1.29 is 8.42 Å². The van der Waals surface area contributed by atoms with Crippen LogP contribution in [-0.4, -0.2) is 44.2 Å². The monoisotopic (exact) mass is 286 g/mol. The largest absolute Gasteiger partial charge is 0.313 e. The first kappa shape index (κ1) is 13.8. The Hall–Kier alpha value is -0.130. The molecule has 1 aliphatic heterocycles. The standard InChI is InChI=1S/C14H26N2O2S/c17-19(18,12-9-15-13-3-4-13)16-10-7-14(8-11-16)5-1-2-6-14/h13,15H,1-12H2. The van der Waals surface area contributed by atoms with E-state index in [0.717, 1.165) is 25.9 Å². The Morgan fingerprint density at radius 3 is 2.26 bits per heavy atom. The molecule has 5 heteroatoms. The maximum absolute atomic E-state index is 12.3. The van der Waals surface area contributed by atoms with Crippen molar-refractivity contribution in [3.63, 3.8) is 0 Å². The first-order valence-corrected chi connectivity index (χ1v) is 9.42. The van der Waals surface area contributed by atoms with Gasteiger partial charge in [-0.15, -0.1) is 0 Å². The van der Waals surface area contributed by atoms with Gasteiger partial charge in [-0.3, -0.25) is 0 Å². The van der Waals surface area contributed by atoms with Crippen molar-refractivity contribution in [2.24, 2.45) is 5.41 Å². The maximum Gasteiger partial charge on any atom is 0.215 e. The Morgan fingerprint density at radius 1 is 1.05 bits per heavy atom. The Balaban J connectivity index is 1.48. The van der Waals surface area contributed by atoms with E-state index in [-0.39, 0.29) is 5.75 Å². The van der Waals surface area contributed by atoms with Crippen molar-refractivity contribution in [1.29, 1.82) is 0 Å². The van der Waals surface area contributed by atoms with Crippen LogP contribution in [0.1, 0.15) is 51.4 Å². The summed E-state index contributed by atoms with van der Waals surface area (Å²) in [6, 6.07) is 0.596. The zero-order valence-electron chi connectivity index (χ0n) is 11.7. The van der Waals surface area contributed by atoms with E-state index in [1.165, 1.54) is 38.5 Å². The molecule has 0 unspecified atom stereocenters. The minimum Gasteiger partial charge on any atom is -0.313 e. The molecular formula is C14H26N2O2S. The van der Waals surface area contributed by atoms with Crippen LogP contribution < -0.4 is 5.32 Å². The Labute approximate surface area is 117 Å². The van der Waals surface area contributed by atoms with Crippen LogP contribution in [0.25, 0.3) is 0 Å². The molecule has 3 rings (SSSR count). The van der Waals surface area contributed by atoms with Crippen LogP contribution in [0, 0.1) is 5.41 Å².